The van der Waals surface area contributed by atoms with E-state index in [0.29, 0.717) is 0 Å². The molecular formula is C13H17NO. The molecule has 2 heteroatoms. The lowest BCUT2D eigenvalue weighted by Gasteiger charge is -1.96. The monoisotopic (exact) mass is 203 g/mol. The summed E-state index contributed by atoms with van der Waals surface area (Å²) in [6, 6.07) is 7.87. The number of nitrogens with zero attached hydrogens (tertiary/aromatic N) is 1. The fraction of sp³-hybridized carbons (Fsp3) is 0.308. The topological polar surface area (TPSA) is 26.0 Å². The Morgan fingerprint density at radius 1 is 1.07 bits per heavy atom. The summed E-state index contributed by atoms with van der Waals surface area (Å²) in [5, 5.41) is 0. The van der Waals surface area contributed by atoms with Gasteiger partial charge in [0.15, 0.2) is 5.76 Å². The van der Waals surface area contributed by atoms with Crippen molar-refractivity contribution in [1.29, 1.82) is 0 Å². The molecule has 0 N–H and O–H groups in total. The summed E-state index contributed by atoms with van der Waals surface area (Å²) < 4.78 is 5.46. The van der Waals surface area contributed by atoms with Gasteiger partial charge in [0, 0.05) is 6.20 Å². The van der Waals surface area contributed by atoms with Gasteiger partial charge in [0.05, 0.1) is 0 Å². The van der Waals surface area contributed by atoms with Gasteiger partial charge in [0.2, 0.25) is 0 Å². The Morgan fingerprint density at radius 3 is 2.33 bits per heavy atom. The maximum atomic E-state index is 5.46. The first-order chi connectivity index (χ1) is 7.25. The third-order valence-electron chi connectivity index (χ3n) is 1.91. The van der Waals surface area contributed by atoms with E-state index in [0.717, 1.165) is 17.2 Å². The second kappa shape index (κ2) is 5.35. The number of rotatable bonds is 1. The van der Waals surface area contributed by atoms with Gasteiger partial charge in [0.1, 0.15) is 11.5 Å². The fourth-order valence-corrected chi connectivity index (χ4v) is 1.24. The van der Waals surface area contributed by atoms with Crippen molar-refractivity contribution in [3.8, 4) is 11.5 Å². The van der Waals surface area contributed by atoms with Crippen molar-refractivity contribution in [2.45, 2.75) is 27.7 Å². The van der Waals surface area contributed by atoms with E-state index in [9.17, 15) is 0 Å². The molecule has 0 spiro atoms. The molecule has 0 saturated heterocycles. The van der Waals surface area contributed by atoms with Crippen LogP contribution in [0.1, 0.15) is 25.2 Å². The Kier molecular flexibility index (Phi) is 4.10. The van der Waals surface area contributed by atoms with Crippen molar-refractivity contribution >= 4 is 0 Å². The Balaban J connectivity index is 0.000000531. The summed E-state index contributed by atoms with van der Waals surface area (Å²) in [6.07, 6.45) is 1.79. The van der Waals surface area contributed by atoms with Crippen LogP contribution in [0.25, 0.3) is 11.5 Å². The van der Waals surface area contributed by atoms with E-state index < -0.39 is 0 Å². The van der Waals surface area contributed by atoms with Gasteiger partial charge in [-0.3, -0.25) is 4.98 Å². The zero-order chi connectivity index (χ0) is 11.3. The molecule has 0 atom stereocenters. The van der Waals surface area contributed by atoms with Crippen LogP contribution in [0.5, 0.6) is 0 Å². The third-order valence-corrected chi connectivity index (χ3v) is 1.91. The molecule has 0 aliphatic carbocycles. The first kappa shape index (κ1) is 11.5. The highest BCUT2D eigenvalue weighted by Crippen LogP contribution is 2.19. The molecule has 2 heterocycles. The van der Waals surface area contributed by atoms with Crippen molar-refractivity contribution in [3.05, 3.63) is 41.8 Å². The minimum absolute atomic E-state index is 0.834. The molecule has 0 aromatic carbocycles. The van der Waals surface area contributed by atoms with Crippen molar-refractivity contribution < 1.29 is 4.42 Å². The number of hydrogen-bond donors (Lipinski definition) is 0. The number of aromatic nitrogens is 1. The van der Waals surface area contributed by atoms with Gasteiger partial charge in [-0.15, -0.1) is 0 Å². The number of pyridine rings is 1. The normalized spacial score (nSPS) is 9.33. The lowest BCUT2D eigenvalue weighted by atomic mass is 10.2. The van der Waals surface area contributed by atoms with Gasteiger partial charge in [0.25, 0.3) is 0 Å². The van der Waals surface area contributed by atoms with Gasteiger partial charge in [-0.05, 0) is 43.7 Å². The van der Waals surface area contributed by atoms with E-state index in [-0.39, 0.29) is 0 Å². The second-order valence-electron chi connectivity index (χ2n) is 3.13. The van der Waals surface area contributed by atoms with Crippen LogP contribution in [-0.4, -0.2) is 4.98 Å². The fourth-order valence-electron chi connectivity index (χ4n) is 1.24. The Morgan fingerprint density at radius 2 is 1.80 bits per heavy atom. The van der Waals surface area contributed by atoms with Crippen LogP contribution >= 0.6 is 0 Å². The van der Waals surface area contributed by atoms with E-state index in [2.05, 4.69) is 4.98 Å². The van der Waals surface area contributed by atoms with Crippen LogP contribution in [0.4, 0.5) is 0 Å². The molecule has 2 aromatic rings. The van der Waals surface area contributed by atoms with Crippen LogP contribution in [0.15, 0.2) is 34.9 Å². The molecule has 0 radical (unpaired) electrons. The van der Waals surface area contributed by atoms with Crippen molar-refractivity contribution in [2.75, 3.05) is 0 Å². The highest BCUT2D eigenvalue weighted by atomic mass is 16.3. The largest absolute Gasteiger partial charge is 0.460 e. The summed E-state index contributed by atoms with van der Waals surface area (Å²) in [6.45, 7) is 7.97. The molecule has 2 rings (SSSR count). The SMILES string of the molecule is CC.Cc1ccnc(-c2ccc(C)o2)c1. The summed E-state index contributed by atoms with van der Waals surface area (Å²) in [7, 11) is 0. The lowest BCUT2D eigenvalue weighted by molar-refractivity contribution is 0.546. The number of furan rings is 1. The minimum Gasteiger partial charge on any atom is -0.460 e. The Bertz CT molecular complexity index is 418. The molecule has 0 fully saturated rings. The molecule has 0 aliphatic rings. The number of aryl methyl sites for hydroxylation is 2. The van der Waals surface area contributed by atoms with Crippen LogP contribution in [-0.2, 0) is 0 Å². The minimum atomic E-state index is 0.834. The molecule has 15 heavy (non-hydrogen) atoms. The zero-order valence-corrected chi connectivity index (χ0v) is 9.74. The van der Waals surface area contributed by atoms with E-state index >= 15 is 0 Å². The first-order valence-electron chi connectivity index (χ1n) is 5.25. The average Bonchev–Trinajstić information content (AvgIpc) is 2.68. The molecule has 0 aliphatic heterocycles. The van der Waals surface area contributed by atoms with Crippen LogP contribution < -0.4 is 0 Å². The maximum absolute atomic E-state index is 5.46. The molecule has 0 bridgehead atoms. The van der Waals surface area contributed by atoms with Crippen LogP contribution in [0.3, 0.4) is 0 Å². The highest BCUT2D eigenvalue weighted by Gasteiger charge is 2.02. The zero-order valence-electron chi connectivity index (χ0n) is 9.74. The lowest BCUT2D eigenvalue weighted by Crippen LogP contribution is -1.81. The average molecular weight is 203 g/mol. The third kappa shape index (κ3) is 2.94. The maximum Gasteiger partial charge on any atom is 0.152 e. The van der Waals surface area contributed by atoms with Crippen LogP contribution in [0, 0.1) is 13.8 Å². The summed E-state index contributed by atoms with van der Waals surface area (Å²) in [5.74, 6) is 1.75. The predicted molar refractivity (Wildman–Crippen MR) is 62.8 cm³/mol. The van der Waals surface area contributed by atoms with E-state index in [1.165, 1.54) is 5.56 Å². The molecule has 0 saturated carbocycles. The predicted octanol–water partition coefficient (Wildman–Crippen LogP) is 3.98. The summed E-state index contributed by atoms with van der Waals surface area (Å²) >= 11 is 0. The molecule has 0 amide bonds. The van der Waals surface area contributed by atoms with Gasteiger partial charge in [-0.2, -0.15) is 0 Å². The molecular weight excluding hydrogens is 186 g/mol. The molecule has 2 aromatic heterocycles. The van der Waals surface area contributed by atoms with E-state index in [4.69, 9.17) is 4.42 Å². The summed E-state index contributed by atoms with van der Waals surface area (Å²) in [5.41, 5.74) is 2.09. The van der Waals surface area contributed by atoms with Crippen molar-refractivity contribution in [1.82, 2.24) is 4.98 Å². The smallest absolute Gasteiger partial charge is 0.152 e. The van der Waals surface area contributed by atoms with Crippen molar-refractivity contribution in [2.24, 2.45) is 0 Å². The first-order valence-corrected chi connectivity index (χ1v) is 5.25. The van der Waals surface area contributed by atoms with E-state index in [1.807, 2.05) is 52.0 Å². The standard InChI is InChI=1S/C11H11NO.C2H6/c1-8-5-6-12-10(7-8)11-4-3-9(2)13-11;1-2/h3-7H,1-2H3;1-2H3. The Hall–Kier alpha value is -1.57. The van der Waals surface area contributed by atoms with E-state index in [1.54, 1.807) is 6.20 Å². The van der Waals surface area contributed by atoms with Gasteiger partial charge in [-0.1, -0.05) is 13.8 Å². The summed E-state index contributed by atoms with van der Waals surface area (Å²) in [4.78, 5) is 4.23. The van der Waals surface area contributed by atoms with Gasteiger partial charge >= 0.3 is 0 Å². The molecule has 2 nitrogen and oxygen atoms in total. The molecule has 0 unspecified atom stereocenters. The quantitative estimate of drug-likeness (QED) is 0.700. The second-order valence-corrected chi connectivity index (χ2v) is 3.13. The molecule has 80 valence electrons. The van der Waals surface area contributed by atoms with Crippen LogP contribution in [0.2, 0.25) is 0 Å². The van der Waals surface area contributed by atoms with Gasteiger partial charge in [-0.25, -0.2) is 0 Å². The van der Waals surface area contributed by atoms with Crippen molar-refractivity contribution in [3.63, 3.8) is 0 Å². The Labute approximate surface area is 91.0 Å². The van der Waals surface area contributed by atoms with Gasteiger partial charge < -0.3 is 4.42 Å². The number of hydrogen-bond acceptors (Lipinski definition) is 2. The highest BCUT2D eigenvalue weighted by molar-refractivity contribution is 5.52.